The number of hydrogen-bond acceptors (Lipinski definition) is 3. The Bertz CT molecular complexity index is 2030. The number of hydrogen-bond donors (Lipinski definition) is 0. The highest BCUT2D eigenvalue weighted by Gasteiger charge is 2.52. The van der Waals surface area contributed by atoms with Gasteiger partial charge in [-0.15, -0.1) is 0 Å². The average Bonchev–Trinajstić information content (AvgIpc) is 3.21. The summed E-state index contributed by atoms with van der Waals surface area (Å²) in [6.07, 6.45) is 3.75. The molecule has 0 saturated carbocycles. The number of nitrogens with zero attached hydrogens (tertiary/aromatic N) is 1. The van der Waals surface area contributed by atoms with E-state index in [1.54, 1.807) is 0 Å². The lowest BCUT2D eigenvalue weighted by atomic mass is 9.75. The Labute approximate surface area is 240 Å². The lowest BCUT2D eigenvalue weighted by Gasteiger charge is -2.32. The molecule has 0 N–H and O–H groups in total. The molecule has 0 radical (unpaired) electrons. The summed E-state index contributed by atoms with van der Waals surface area (Å²) in [6, 6.07) is 35.4. The molecule has 198 valence electrons. The van der Waals surface area contributed by atoms with E-state index >= 15 is 0 Å². The lowest BCUT2D eigenvalue weighted by molar-refractivity contribution is 0.00578. The first-order valence-electron chi connectivity index (χ1n) is 14.3. The Balaban J connectivity index is 1.28. The fourth-order valence-corrected chi connectivity index (χ4v) is 6.44. The van der Waals surface area contributed by atoms with E-state index in [4.69, 9.17) is 9.31 Å². The van der Waals surface area contributed by atoms with Gasteiger partial charge in [-0.1, -0.05) is 66.7 Å². The summed E-state index contributed by atoms with van der Waals surface area (Å²) in [7, 11) is -0.402. The molecule has 4 heteroatoms. The zero-order chi connectivity index (χ0) is 27.9. The van der Waals surface area contributed by atoms with Crippen molar-refractivity contribution in [3.8, 4) is 22.3 Å². The zero-order valence-electron chi connectivity index (χ0n) is 23.7. The molecule has 0 aliphatic carbocycles. The molecule has 2 heterocycles. The number of fused-ring (bicyclic) bond motifs is 1. The Hall–Kier alpha value is -4.25. The van der Waals surface area contributed by atoms with Gasteiger partial charge < -0.3 is 9.31 Å². The molecule has 3 nitrogen and oxygen atoms in total. The molecule has 1 saturated heterocycles. The second-order valence-electron chi connectivity index (χ2n) is 12.3. The summed E-state index contributed by atoms with van der Waals surface area (Å²) in [6.45, 7) is 8.41. The van der Waals surface area contributed by atoms with Gasteiger partial charge in [0.25, 0.3) is 0 Å². The van der Waals surface area contributed by atoms with Crippen LogP contribution in [-0.2, 0) is 9.31 Å². The number of pyridine rings is 1. The Morgan fingerprint density at radius 1 is 0.561 bits per heavy atom. The summed E-state index contributed by atoms with van der Waals surface area (Å²) >= 11 is 0. The van der Waals surface area contributed by atoms with Crippen LogP contribution in [0.4, 0.5) is 0 Å². The number of rotatable bonds is 3. The third-order valence-electron chi connectivity index (χ3n) is 9.30. The van der Waals surface area contributed by atoms with Crippen molar-refractivity contribution in [2.24, 2.45) is 0 Å². The van der Waals surface area contributed by atoms with Crippen LogP contribution in [0.15, 0.2) is 109 Å². The number of aromatic nitrogens is 1. The van der Waals surface area contributed by atoms with Crippen LogP contribution in [0.25, 0.3) is 65.3 Å². The highest BCUT2D eigenvalue weighted by atomic mass is 16.7. The van der Waals surface area contributed by atoms with E-state index in [9.17, 15) is 0 Å². The average molecular weight is 531 g/mol. The van der Waals surface area contributed by atoms with Crippen LogP contribution in [0.3, 0.4) is 0 Å². The van der Waals surface area contributed by atoms with Gasteiger partial charge in [-0.25, -0.2) is 0 Å². The highest BCUT2D eigenvalue weighted by Crippen LogP contribution is 2.41. The normalized spacial score (nSPS) is 16.4. The molecule has 0 atom stereocenters. The molecule has 0 spiro atoms. The minimum atomic E-state index is -0.402. The van der Waals surface area contributed by atoms with E-state index in [2.05, 4.69) is 124 Å². The van der Waals surface area contributed by atoms with Crippen molar-refractivity contribution in [3.63, 3.8) is 0 Å². The molecule has 0 amide bonds. The maximum absolute atomic E-state index is 6.45. The molecule has 0 unspecified atom stereocenters. The SMILES string of the molecule is CC1(C)OB(c2ccc(-c3cc4ccc5cc(-c6cccnc6)cc6ccc(c3)c4c56)c3ccccc23)OC1(C)C. The van der Waals surface area contributed by atoms with Gasteiger partial charge >= 0.3 is 7.12 Å². The van der Waals surface area contributed by atoms with Gasteiger partial charge in [-0.05, 0) is 123 Å². The minimum Gasteiger partial charge on any atom is -0.399 e. The highest BCUT2D eigenvalue weighted by molar-refractivity contribution is 6.65. The monoisotopic (exact) mass is 531 g/mol. The first-order chi connectivity index (χ1) is 19.8. The van der Waals surface area contributed by atoms with Crippen molar-refractivity contribution in [3.05, 3.63) is 109 Å². The maximum Gasteiger partial charge on any atom is 0.495 e. The Morgan fingerprint density at radius 2 is 1.12 bits per heavy atom. The molecular weight excluding hydrogens is 501 g/mol. The van der Waals surface area contributed by atoms with Crippen molar-refractivity contribution in [1.29, 1.82) is 0 Å². The quantitative estimate of drug-likeness (QED) is 0.169. The third-order valence-corrected chi connectivity index (χ3v) is 9.30. The van der Waals surface area contributed by atoms with Gasteiger partial charge in [0.05, 0.1) is 11.2 Å². The molecular formula is C37H30BNO2. The van der Waals surface area contributed by atoms with Crippen molar-refractivity contribution < 1.29 is 9.31 Å². The largest absolute Gasteiger partial charge is 0.495 e. The molecule has 7 aromatic rings. The van der Waals surface area contributed by atoms with Crippen LogP contribution < -0.4 is 5.46 Å². The fourth-order valence-electron chi connectivity index (χ4n) is 6.44. The zero-order valence-corrected chi connectivity index (χ0v) is 23.7. The second kappa shape index (κ2) is 8.63. The van der Waals surface area contributed by atoms with Crippen molar-refractivity contribution >= 4 is 55.7 Å². The topological polar surface area (TPSA) is 31.4 Å². The standard InChI is InChI=1S/C37H30BNO2/c1-36(2)37(3,4)41-38(40-36)33-16-15-30(31-9-5-6-10-32(31)33)29-20-25-13-11-23-18-28(27-8-7-17-39-22-27)19-24-12-14-26(21-29)35(25)34(23)24/h5-22H,1-4H3. The summed E-state index contributed by atoms with van der Waals surface area (Å²) < 4.78 is 12.9. The Morgan fingerprint density at radius 3 is 1.68 bits per heavy atom. The van der Waals surface area contributed by atoms with E-state index in [0.717, 1.165) is 16.4 Å². The lowest BCUT2D eigenvalue weighted by Crippen LogP contribution is -2.41. The second-order valence-corrected chi connectivity index (χ2v) is 12.3. The van der Waals surface area contributed by atoms with Gasteiger partial charge in [0.1, 0.15) is 0 Å². The smallest absolute Gasteiger partial charge is 0.399 e. The predicted octanol–water partition coefficient (Wildman–Crippen LogP) is 8.77. The van der Waals surface area contributed by atoms with Gasteiger partial charge in [-0.2, -0.15) is 0 Å². The van der Waals surface area contributed by atoms with Gasteiger partial charge in [0.2, 0.25) is 0 Å². The third kappa shape index (κ3) is 3.71. The van der Waals surface area contributed by atoms with Crippen LogP contribution in [-0.4, -0.2) is 23.3 Å². The van der Waals surface area contributed by atoms with Crippen LogP contribution in [0.1, 0.15) is 27.7 Å². The summed E-state index contributed by atoms with van der Waals surface area (Å²) in [4.78, 5) is 4.33. The molecule has 0 bridgehead atoms. The molecule has 1 fully saturated rings. The summed E-state index contributed by atoms with van der Waals surface area (Å²) in [5.74, 6) is 0. The van der Waals surface area contributed by atoms with Crippen molar-refractivity contribution in [2.45, 2.75) is 38.9 Å². The van der Waals surface area contributed by atoms with Crippen LogP contribution >= 0.6 is 0 Å². The molecule has 41 heavy (non-hydrogen) atoms. The van der Waals surface area contributed by atoms with Gasteiger partial charge in [-0.3, -0.25) is 4.98 Å². The van der Waals surface area contributed by atoms with Crippen LogP contribution in [0.5, 0.6) is 0 Å². The maximum atomic E-state index is 6.45. The summed E-state index contributed by atoms with van der Waals surface area (Å²) in [5.41, 5.74) is 5.06. The molecule has 1 aliphatic rings. The van der Waals surface area contributed by atoms with E-state index < -0.39 is 7.12 Å². The Kier molecular flexibility index (Phi) is 5.16. The molecule has 1 aliphatic heterocycles. The van der Waals surface area contributed by atoms with E-state index in [1.807, 2.05) is 18.5 Å². The molecule has 1 aromatic heterocycles. The summed E-state index contributed by atoms with van der Waals surface area (Å²) in [5, 5.41) is 10.0. The molecule has 8 rings (SSSR count). The van der Waals surface area contributed by atoms with Crippen molar-refractivity contribution in [1.82, 2.24) is 4.98 Å². The van der Waals surface area contributed by atoms with Crippen LogP contribution in [0, 0.1) is 0 Å². The van der Waals surface area contributed by atoms with E-state index in [1.165, 1.54) is 54.4 Å². The number of benzene rings is 6. The van der Waals surface area contributed by atoms with Crippen molar-refractivity contribution in [2.75, 3.05) is 0 Å². The molecule has 6 aromatic carbocycles. The predicted molar refractivity (Wildman–Crippen MR) is 172 cm³/mol. The minimum absolute atomic E-state index is 0.384. The first kappa shape index (κ1) is 24.5. The van der Waals surface area contributed by atoms with Gasteiger partial charge in [0.15, 0.2) is 0 Å². The van der Waals surface area contributed by atoms with E-state index in [-0.39, 0.29) is 11.2 Å². The van der Waals surface area contributed by atoms with Crippen LogP contribution in [0.2, 0.25) is 0 Å². The fraction of sp³-hybridized carbons (Fsp3) is 0.162. The van der Waals surface area contributed by atoms with E-state index in [0.29, 0.717) is 0 Å². The first-order valence-corrected chi connectivity index (χ1v) is 14.3. The van der Waals surface area contributed by atoms with Gasteiger partial charge in [0, 0.05) is 18.0 Å².